The minimum absolute atomic E-state index is 0.00242. The van der Waals surface area contributed by atoms with E-state index in [4.69, 9.17) is 0 Å². The predicted octanol–water partition coefficient (Wildman–Crippen LogP) is 5.58. The van der Waals surface area contributed by atoms with E-state index in [1.165, 1.54) is 18.7 Å². The van der Waals surface area contributed by atoms with Crippen molar-refractivity contribution in [1.82, 2.24) is 4.98 Å². The molecule has 5 heteroatoms. The molecule has 3 aromatic rings. The maximum absolute atomic E-state index is 12.6. The number of anilines is 3. The molecule has 0 bridgehead atoms. The molecule has 2 aromatic carbocycles. The Morgan fingerprint density at radius 2 is 1.52 bits per heavy atom. The fourth-order valence-electron chi connectivity index (χ4n) is 2.87. The highest BCUT2D eigenvalue weighted by Crippen LogP contribution is 2.24. The lowest BCUT2D eigenvalue weighted by Crippen LogP contribution is -2.14. The van der Waals surface area contributed by atoms with Gasteiger partial charge in [-0.15, -0.1) is 0 Å². The van der Waals surface area contributed by atoms with Crippen molar-refractivity contribution in [2.45, 2.75) is 33.1 Å². The molecule has 0 aliphatic carbocycles. The maximum atomic E-state index is 12.6. The van der Waals surface area contributed by atoms with Crippen LogP contribution in [0.25, 0.3) is 0 Å². The molecule has 1 aromatic heterocycles. The summed E-state index contributed by atoms with van der Waals surface area (Å²) >= 11 is 0. The molecule has 0 aliphatic rings. The van der Waals surface area contributed by atoms with E-state index in [-0.39, 0.29) is 17.1 Å². The average molecular weight is 387 g/mol. The van der Waals surface area contributed by atoms with Crippen molar-refractivity contribution in [3.8, 4) is 0 Å². The van der Waals surface area contributed by atoms with Crippen LogP contribution in [0.1, 0.15) is 54.0 Å². The Labute approximate surface area is 171 Å². The summed E-state index contributed by atoms with van der Waals surface area (Å²) in [6.07, 6.45) is 3.16. The summed E-state index contributed by atoms with van der Waals surface area (Å²) in [5.74, 6) is -0.237. The maximum Gasteiger partial charge on any atom is 0.257 e. The van der Waals surface area contributed by atoms with Crippen molar-refractivity contribution >= 4 is 28.8 Å². The van der Waals surface area contributed by atoms with Crippen LogP contribution in [0, 0.1) is 0 Å². The number of pyridine rings is 1. The quantitative estimate of drug-likeness (QED) is 0.561. The lowest BCUT2D eigenvalue weighted by molar-refractivity contribution is 0.101. The van der Waals surface area contributed by atoms with E-state index in [0.29, 0.717) is 16.8 Å². The summed E-state index contributed by atoms with van der Waals surface area (Å²) in [5, 5.41) is 6.09. The molecule has 1 amide bonds. The van der Waals surface area contributed by atoms with E-state index in [9.17, 15) is 9.59 Å². The smallest absolute Gasteiger partial charge is 0.257 e. The van der Waals surface area contributed by atoms with Crippen LogP contribution in [0.4, 0.5) is 17.1 Å². The van der Waals surface area contributed by atoms with Crippen molar-refractivity contribution < 1.29 is 9.59 Å². The van der Waals surface area contributed by atoms with Crippen LogP contribution >= 0.6 is 0 Å². The molecule has 0 saturated carbocycles. The number of Topliss-reactive ketones (excluding diaryl/α,β-unsaturated/α-hetero) is 1. The van der Waals surface area contributed by atoms with Gasteiger partial charge in [-0.1, -0.05) is 45.0 Å². The largest absolute Gasteiger partial charge is 0.354 e. The first-order chi connectivity index (χ1) is 13.7. The van der Waals surface area contributed by atoms with Crippen LogP contribution in [-0.2, 0) is 5.41 Å². The Kier molecular flexibility index (Phi) is 5.78. The average Bonchev–Trinajstić information content (AvgIpc) is 2.68. The molecule has 5 nitrogen and oxygen atoms in total. The summed E-state index contributed by atoms with van der Waals surface area (Å²) in [4.78, 5) is 28.3. The molecule has 0 spiro atoms. The molecular weight excluding hydrogens is 362 g/mol. The van der Waals surface area contributed by atoms with Crippen molar-refractivity contribution in [3.05, 3.63) is 83.7 Å². The molecule has 0 atom stereocenters. The Morgan fingerprint density at radius 3 is 2.17 bits per heavy atom. The molecule has 29 heavy (non-hydrogen) atoms. The number of nitrogens with one attached hydrogen (secondary N) is 2. The number of ketones is 1. The Morgan fingerprint density at radius 1 is 0.828 bits per heavy atom. The number of aromatic nitrogens is 1. The Balaban J connectivity index is 1.72. The number of benzene rings is 2. The summed E-state index contributed by atoms with van der Waals surface area (Å²) in [6.45, 7) is 7.98. The first kappa shape index (κ1) is 20.3. The minimum Gasteiger partial charge on any atom is -0.354 e. The second-order valence-electron chi connectivity index (χ2n) is 8.01. The van der Waals surface area contributed by atoms with Gasteiger partial charge in [-0.05, 0) is 48.2 Å². The van der Waals surface area contributed by atoms with Crippen LogP contribution in [0.15, 0.2) is 67.0 Å². The van der Waals surface area contributed by atoms with E-state index in [1.807, 2.05) is 36.4 Å². The number of nitrogens with zero attached hydrogens (tertiary/aromatic N) is 1. The zero-order valence-electron chi connectivity index (χ0n) is 17.1. The van der Waals surface area contributed by atoms with Crippen LogP contribution in [0.3, 0.4) is 0 Å². The molecule has 1 heterocycles. The van der Waals surface area contributed by atoms with Crippen molar-refractivity contribution in [3.63, 3.8) is 0 Å². The number of hydrogen-bond acceptors (Lipinski definition) is 4. The number of amides is 1. The number of hydrogen-bond donors (Lipinski definition) is 2. The first-order valence-electron chi connectivity index (χ1n) is 9.47. The normalized spacial score (nSPS) is 11.0. The fraction of sp³-hybridized carbons (Fsp3) is 0.208. The van der Waals surface area contributed by atoms with E-state index in [2.05, 4.69) is 36.4 Å². The van der Waals surface area contributed by atoms with Crippen LogP contribution in [0.5, 0.6) is 0 Å². The second kappa shape index (κ2) is 8.27. The van der Waals surface area contributed by atoms with Crippen LogP contribution in [0.2, 0.25) is 0 Å². The predicted molar refractivity (Wildman–Crippen MR) is 117 cm³/mol. The van der Waals surface area contributed by atoms with E-state index >= 15 is 0 Å². The van der Waals surface area contributed by atoms with Gasteiger partial charge in [-0.3, -0.25) is 14.6 Å². The zero-order chi connectivity index (χ0) is 21.0. The van der Waals surface area contributed by atoms with Crippen LogP contribution in [-0.4, -0.2) is 16.7 Å². The minimum atomic E-state index is -0.234. The van der Waals surface area contributed by atoms with Gasteiger partial charge in [0.2, 0.25) is 0 Å². The third kappa shape index (κ3) is 5.29. The van der Waals surface area contributed by atoms with Gasteiger partial charge in [0.15, 0.2) is 5.78 Å². The Bertz CT molecular complexity index is 1030. The first-order valence-corrected chi connectivity index (χ1v) is 9.47. The van der Waals surface area contributed by atoms with Gasteiger partial charge in [0.05, 0.1) is 17.4 Å². The molecule has 0 radical (unpaired) electrons. The summed E-state index contributed by atoms with van der Waals surface area (Å²) in [6, 6.07) is 16.8. The topological polar surface area (TPSA) is 71.1 Å². The zero-order valence-corrected chi connectivity index (χ0v) is 17.1. The lowest BCUT2D eigenvalue weighted by Gasteiger charge is -2.19. The van der Waals surface area contributed by atoms with E-state index in [0.717, 1.165) is 11.4 Å². The highest BCUT2D eigenvalue weighted by molar-refractivity contribution is 6.04. The van der Waals surface area contributed by atoms with E-state index in [1.54, 1.807) is 24.4 Å². The van der Waals surface area contributed by atoms with Gasteiger partial charge in [-0.25, -0.2) is 0 Å². The fourth-order valence-corrected chi connectivity index (χ4v) is 2.87. The van der Waals surface area contributed by atoms with Crippen molar-refractivity contribution in [2.24, 2.45) is 0 Å². The third-order valence-electron chi connectivity index (χ3n) is 4.57. The van der Waals surface area contributed by atoms with Crippen molar-refractivity contribution in [1.29, 1.82) is 0 Å². The molecule has 0 saturated heterocycles. The van der Waals surface area contributed by atoms with Gasteiger partial charge in [0, 0.05) is 23.1 Å². The number of rotatable bonds is 5. The molecular formula is C24H25N3O2. The number of carbonyl (C=O) groups excluding carboxylic acids is 2. The van der Waals surface area contributed by atoms with Gasteiger partial charge in [0.1, 0.15) is 0 Å². The van der Waals surface area contributed by atoms with Gasteiger partial charge in [0.25, 0.3) is 5.91 Å². The molecule has 0 aliphatic heterocycles. The highest BCUT2D eigenvalue weighted by Gasteiger charge is 2.14. The molecule has 148 valence electrons. The molecule has 2 N–H and O–H groups in total. The second-order valence-corrected chi connectivity index (χ2v) is 8.01. The number of carbonyl (C=O) groups is 2. The van der Waals surface area contributed by atoms with Gasteiger partial charge in [-0.2, -0.15) is 0 Å². The summed E-state index contributed by atoms with van der Waals surface area (Å²) in [7, 11) is 0. The summed E-state index contributed by atoms with van der Waals surface area (Å²) in [5.41, 5.74) is 4.49. The highest BCUT2D eigenvalue weighted by atomic mass is 16.1. The molecule has 0 unspecified atom stereocenters. The van der Waals surface area contributed by atoms with Gasteiger partial charge >= 0.3 is 0 Å². The Hall–Kier alpha value is -3.47. The molecule has 3 rings (SSSR count). The third-order valence-corrected chi connectivity index (χ3v) is 4.57. The summed E-state index contributed by atoms with van der Waals surface area (Å²) < 4.78 is 0. The van der Waals surface area contributed by atoms with E-state index < -0.39 is 0 Å². The van der Waals surface area contributed by atoms with Gasteiger partial charge < -0.3 is 10.6 Å². The van der Waals surface area contributed by atoms with Crippen LogP contribution < -0.4 is 10.6 Å². The lowest BCUT2D eigenvalue weighted by atomic mass is 9.87. The molecule has 0 fully saturated rings. The standard InChI is InChI=1S/C24H25N3O2/c1-16(28)17-6-5-7-21(12-17)26-22-13-18(14-25-15-22)23(29)27-20-10-8-19(9-11-20)24(2,3)4/h5-15,26H,1-4H3,(H,27,29). The SMILES string of the molecule is CC(=O)c1cccc(Nc2cncc(C(=O)Nc3ccc(C(C)(C)C)cc3)c2)c1. The monoisotopic (exact) mass is 387 g/mol. The van der Waals surface area contributed by atoms with Crippen molar-refractivity contribution in [2.75, 3.05) is 10.6 Å².